The van der Waals surface area contributed by atoms with E-state index in [1.165, 1.54) is 0 Å². The number of alkyl halides is 1. The Bertz CT molecular complexity index is 710. The number of halogens is 1. The summed E-state index contributed by atoms with van der Waals surface area (Å²) in [5.74, 6) is 1.79. The molecule has 0 N–H and O–H groups in total. The van der Waals surface area contributed by atoms with Gasteiger partial charge in [0.05, 0.1) is 6.20 Å². The van der Waals surface area contributed by atoms with E-state index in [0.29, 0.717) is 17.4 Å². The third-order valence-electron chi connectivity index (χ3n) is 2.75. The summed E-state index contributed by atoms with van der Waals surface area (Å²) in [4.78, 5) is 8.45. The van der Waals surface area contributed by atoms with Gasteiger partial charge in [0.1, 0.15) is 11.3 Å². The quantitative estimate of drug-likeness (QED) is 0.670. The molecule has 19 heavy (non-hydrogen) atoms. The second kappa shape index (κ2) is 5.24. The molecule has 3 nitrogen and oxygen atoms in total. The van der Waals surface area contributed by atoms with Crippen LogP contribution in [0.25, 0.3) is 10.9 Å². The molecular weight excluding hydrogens is 260 g/mol. The van der Waals surface area contributed by atoms with Gasteiger partial charge in [-0.25, -0.2) is 0 Å². The topological polar surface area (TPSA) is 35.0 Å². The molecule has 3 rings (SSSR count). The van der Waals surface area contributed by atoms with E-state index in [1.807, 2.05) is 36.4 Å². The molecule has 2 heterocycles. The lowest BCUT2D eigenvalue weighted by atomic mass is 10.2. The smallest absolute Gasteiger partial charge is 0.153 e. The van der Waals surface area contributed by atoms with Gasteiger partial charge in [-0.3, -0.25) is 9.97 Å². The predicted octanol–water partition coefficient (Wildman–Crippen LogP) is 4.16. The predicted molar refractivity (Wildman–Crippen MR) is 75.6 cm³/mol. The largest absolute Gasteiger partial charge is 0.453 e. The molecule has 0 unspecified atom stereocenters. The van der Waals surface area contributed by atoms with Crippen molar-refractivity contribution in [2.24, 2.45) is 0 Å². The minimum Gasteiger partial charge on any atom is -0.453 e. The van der Waals surface area contributed by atoms with Crippen molar-refractivity contribution in [2.75, 3.05) is 0 Å². The number of rotatable bonds is 3. The molecule has 0 aliphatic heterocycles. The van der Waals surface area contributed by atoms with Gasteiger partial charge in [-0.15, -0.1) is 11.6 Å². The van der Waals surface area contributed by atoms with Crippen LogP contribution < -0.4 is 4.74 Å². The minimum atomic E-state index is 0.415. The van der Waals surface area contributed by atoms with Crippen molar-refractivity contribution in [3.05, 3.63) is 60.6 Å². The van der Waals surface area contributed by atoms with Gasteiger partial charge in [-0.05, 0) is 23.8 Å². The summed E-state index contributed by atoms with van der Waals surface area (Å²) in [6, 6.07) is 11.6. The minimum absolute atomic E-state index is 0.415. The maximum atomic E-state index is 5.85. The Labute approximate surface area is 115 Å². The van der Waals surface area contributed by atoms with Gasteiger partial charge in [-0.2, -0.15) is 0 Å². The summed E-state index contributed by atoms with van der Waals surface area (Å²) >= 11 is 5.79. The molecule has 0 aliphatic carbocycles. The second-order valence-corrected chi connectivity index (χ2v) is 4.36. The van der Waals surface area contributed by atoms with Crippen molar-refractivity contribution >= 4 is 22.5 Å². The molecular formula is C15H11ClN2O. The number of para-hydroxylation sites is 1. The van der Waals surface area contributed by atoms with E-state index in [9.17, 15) is 0 Å². The lowest BCUT2D eigenvalue weighted by Gasteiger charge is -2.08. The van der Waals surface area contributed by atoms with Crippen LogP contribution in [0.4, 0.5) is 0 Å². The molecule has 3 aromatic rings. The molecule has 0 amide bonds. The highest BCUT2D eigenvalue weighted by Gasteiger charge is 2.05. The van der Waals surface area contributed by atoms with Crippen LogP contribution in [0.3, 0.4) is 0 Å². The maximum Gasteiger partial charge on any atom is 0.153 e. The molecule has 0 saturated carbocycles. The molecule has 0 fully saturated rings. The van der Waals surface area contributed by atoms with E-state index in [0.717, 1.165) is 16.5 Å². The summed E-state index contributed by atoms with van der Waals surface area (Å²) in [6.45, 7) is 0. The summed E-state index contributed by atoms with van der Waals surface area (Å²) in [7, 11) is 0. The summed E-state index contributed by atoms with van der Waals surface area (Å²) in [5.41, 5.74) is 1.76. The number of nitrogens with zero attached hydrogens (tertiary/aromatic N) is 2. The zero-order valence-electron chi connectivity index (χ0n) is 10.1. The third kappa shape index (κ3) is 2.51. The first-order valence-corrected chi connectivity index (χ1v) is 6.42. The average molecular weight is 271 g/mol. The number of pyridine rings is 2. The Kier molecular flexibility index (Phi) is 3.29. The van der Waals surface area contributed by atoms with Gasteiger partial charge in [0.25, 0.3) is 0 Å². The van der Waals surface area contributed by atoms with Crippen molar-refractivity contribution in [3.8, 4) is 11.5 Å². The van der Waals surface area contributed by atoms with Crippen LogP contribution in [-0.2, 0) is 5.88 Å². The van der Waals surface area contributed by atoms with Gasteiger partial charge in [0.2, 0.25) is 0 Å². The fraction of sp³-hybridized carbons (Fsp3) is 0.0667. The molecule has 0 bridgehead atoms. The zero-order chi connectivity index (χ0) is 13.1. The second-order valence-electron chi connectivity index (χ2n) is 4.10. The lowest BCUT2D eigenvalue weighted by Crippen LogP contribution is -1.90. The summed E-state index contributed by atoms with van der Waals surface area (Å²) in [6.07, 6.45) is 5.14. The Balaban J connectivity index is 2.01. The van der Waals surface area contributed by atoms with Crippen LogP contribution in [0, 0.1) is 0 Å². The molecule has 2 aromatic heterocycles. The first-order valence-electron chi connectivity index (χ1n) is 5.88. The zero-order valence-corrected chi connectivity index (χ0v) is 10.8. The fourth-order valence-electron chi connectivity index (χ4n) is 1.88. The van der Waals surface area contributed by atoms with Crippen LogP contribution in [0.2, 0.25) is 0 Å². The van der Waals surface area contributed by atoms with Gasteiger partial charge >= 0.3 is 0 Å². The van der Waals surface area contributed by atoms with Gasteiger partial charge < -0.3 is 4.74 Å². The van der Waals surface area contributed by atoms with E-state index in [-0.39, 0.29) is 0 Å². The fourth-order valence-corrected chi connectivity index (χ4v) is 2.02. The number of fused-ring (bicyclic) bond motifs is 1. The Morgan fingerprint density at radius 3 is 2.89 bits per heavy atom. The lowest BCUT2D eigenvalue weighted by molar-refractivity contribution is 0.484. The average Bonchev–Trinajstić information content (AvgIpc) is 2.48. The normalized spacial score (nSPS) is 10.6. The molecule has 0 radical (unpaired) electrons. The van der Waals surface area contributed by atoms with Crippen LogP contribution in [-0.4, -0.2) is 9.97 Å². The highest BCUT2D eigenvalue weighted by atomic mass is 35.5. The maximum absolute atomic E-state index is 5.85. The van der Waals surface area contributed by atoms with Crippen molar-refractivity contribution in [3.63, 3.8) is 0 Å². The summed E-state index contributed by atoms with van der Waals surface area (Å²) in [5, 5.41) is 1.04. The third-order valence-corrected chi connectivity index (χ3v) is 3.06. The Morgan fingerprint density at radius 1 is 1.11 bits per heavy atom. The Hall–Kier alpha value is -2.13. The number of aromatic nitrogens is 2. The van der Waals surface area contributed by atoms with Crippen LogP contribution >= 0.6 is 11.6 Å². The first kappa shape index (κ1) is 11.9. The highest BCUT2D eigenvalue weighted by molar-refractivity contribution is 6.17. The number of ether oxygens (including phenoxy) is 1. The van der Waals surface area contributed by atoms with Crippen molar-refractivity contribution in [2.45, 2.75) is 5.88 Å². The molecule has 0 atom stereocenters. The molecule has 0 spiro atoms. The molecule has 0 aliphatic rings. The van der Waals surface area contributed by atoms with Gasteiger partial charge in [0.15, 0.2) is 5.75 Å². The summed E-state index contributed by atoms with van der Waals surface area (Å²) < 4.78 is 5.85. The van der Waals surface area contributed by atoms with E-state index in [1.54, 1.807) is 18.6 Å². The van der Waals surface area contributed by atoms with Crippen molar-refractivity contribution in [1.82, 2.24) is 9.97 Å². The van der Waals surface area contributed by atoms with E-state index >= 15 is 0 Å². The number of hydrogen-bond acceptors (Lipinski definition) is 3. The van der Waals surface area contributed by atoms with Crippen molar-refractivity contribution < 1.29 is 4.74 Å². The van der Waals surface area contributed by atoms with Crippen LogP contribution in [0.1, 0.15) is 5.56 Å². The SMILES string of the molecule is ClCc1cncc(Oc2cccc3cccnc23)c1. The van der Waals surface area contributed by atoms with Crippen LogP contribution in [0.15, 0.2) is 55.0 Å². The van der Waals surface area contributed by atoms with Crippen LogP contribution in [0.5, 0.6) is 11.5 Å². The molecule has 0 saturated heterocycles. The van der Waals surface area contributed by atoms with E-state index < -0.39 is 0 Å². The molecule has 4 heteroatoms. The molecule has 1 aromatic carbocycles. The number of benzene rings is 1. The number of hydrogen-bond donors (Lipinski definition) is 0. The monoisotopic (exact) mass is 270 g/mol. The first-order chi connectivity index (χ1) is 9.36. The van der Waals surface area contributed by atoms with Gasteiger partial charge in [-0.1, -0.05) is 18.2 Å². The molecule has 94 valence electrons. The van der Waals surface area contributed by atoms with E-state index in [4.69, 9.17) is 16.3 Å². The van der Waals surface area contributed by atoms with Gasteiger partial charge in [0, 0.05) is 23.7 Å². The Morgan fingerprint density at radius 2 is 2.00 bits per heavy atom. The highest BCUT2D eigenvalue weighted by Crippen LogP contribution is 2.28. The standard InChI is InChI=1S/C15H11ClN2O/c16-8-11-7-13(10-17-9-11)19-14-5-1-3-12-4-2-6-18-15(12)14/h1-7,9-10H,8H2. The van der Waals surface area contributed by atoms with Crippen molar-refractivity contribution in [1.29, 1.82) is 0 Å². The van der Waals surface area contributed by atoms with E-state index in [2.05, 4.69) is 9.97 Å².